The molecule has 0 radical (unpaired) electrons. The van der Waals surface area contributed by atoms with Gasteiger partial charge in [-0.2, -0.15) is 0 Å². The first kappa shape index (κ1) is 16.4. The number of epoxide rings is 1. The number of rotatable bonds is 3. The summed E-state index contributed by atoms with van der Waals surface area (Å²) >= 11 is 0. The number of ether oxygens (including phenoxy) is 2. The van der Waals surface area contributed by atoms with Crippen LogP contribution >= 0.6 is 0 Å². The third kappa shape index (κ3) is 2.61. The van der Waals surface area contributed by atoms with Crippen molar-refractivity contribution in [3.05, 3.63) is 47.0 Å². The van der Waals surface area contributed by atoms with E-state index in [1.165, 1.54) is 39.0 Å². The number of hydrogen-bond donors (Lipinski definition) is 0. The van der Waals surface area contributed by atoms with Gasteiger partial charge in [0.2, 0.25) is 0 Å². The normalized spacial score (nSPS) is 42.2. The number of benzene rings is 1. The van der Waals surface area contributed by atoms with E-state index in [1.807, 2.05) is 18.2 Å². The molecule has 5 aliphatic carbocycles. The second kappa shape index (κ2) is 5.94. The topological polar surface area (TPSA) is 38.8 Å². The Labute approximate surface area is 161 Å². The highest BCUT2D eigenvalue weighted by atomic mass is 16.6. The molecule has 4 atom stereocenters. The molecule has 6 fully saturated rings. The first-order chi connectivity index (χ1) is 13.2. The lowest BCUT2D eigenvalue weighted by Crippen LogP contribution is -2.41. The van der Waals surface area contributed by atoms with Crippen LogP contribution in [-0.2, 0) is 14.3 Å². The van der Waals surface area contributed by atoms with E-state index < -0.39 is 0 Å². The molecule has 6 aliphatic rings. The zero-order valence-electron chi connectivity index (χ0n) is 16.0. The van der Waals surface area contributed by atoms with E-state index in [-0.39, 0.29) is 24.1 Å². The quantitative estimate of drug-likeness (QED) is 0.438. The van der Waals surface area contributed by atoms with Gasteiger partial charge in [0.05, 0.1) is 18.1 Å². The number of fused-ring (bicyclic) bond motifs is 1. The Bertz CT molecular complexity index is 765. The molecule has 1 aromatic rings. The monoisotopic (exact) mass is 364 g/mol. The first-order valence-corrected chi connectivity index (χ1v) is 10.8. The standard InChI is InChI=1S/C24H28O3/c1-13(25)26-23(16-5-3-2-4-6-16)22-19(12-20-24(22)27-20)21-17-8-14-7-15(10-17)11-18(21)9-14/h2-6,14-15,17-18,20,22-24H,7-12H2,1H3/t14?,15?,17?,18?,20-,22+,23-,24-/m1/s1. The molecule has 142 valence electrons. The third-order valence-corrected chi connectivity index (χ3v) is 7.93. The van der Waals surface area contributed by atoms with E-state index in [2.05, 4.69) is 12.1 Å². The van der Waals surface area contributed by atoms with Crippen LogP contribution in [-0.4, -0.2) is 18.2 Å². The summed E-state index contributed by atoms with van der Waals surface area (Å²) in [6.07, 6.45) is 8.55. The lowest BCUT2D eigenvalue weighted by molar-refractivity contribution is -0.149. The number of hydrogen-bond acceptors (Lipinski definition) is 3. The van der Waals surface area contributed by atoms with Crippen molar-refractivity contribution < 1.29 is 14.3 Å². The maximum Gasteiger partial charge on any atom is 0.303 e. The smallest absolute Gasteiger partial charge is 0.303 e. The van der Waals surface area contributed by atoms with Gasteiger partial charge in [-0.15, -0.1) is 0 Å². The summed E-state index contributed by atoms with van der Waals surface area (Å²) in [5, 5.41) is 0. The van der Waals surface area contributed by atoms with Crippen LogP contribution < -0.4 is 0 Å². The fourth-order valence-corrected chi connectivity index (χ4v) is 7.24. The second-order valence-corrected chi connectivity index (χ2v) is 9.59. The minimum atomic E-state index is -0.208. The molecule has 0 spiro atoms. The Kier molecular flexibility index (Phi) is 3.60. The summed E-state index contributed by atoms with van der Waals surface area (Å²) in [5.74, 6) is 3.56. The van der Waals surface area contributed by atoms with Gasteiger partial charge in [0, 0.05) is 6.92 Å². The van der Waals surface area contributed by atoms with Gasteiger partial charge in [0.15, 0.2) is 0 Å². The van der Waals surface area contributed by atoms with Gasteiger partial charge in [-0.3, -0.25) is 4.79 Å². The van der Waals surface area contributed by atoms with Crippen molar-refractivity contribution in [1.29, 1.82) is 0 Å². The van der Waals surface area contributed by atoms with Gasteiger partial charge in [-0.1, -0.05) is 41.5 Å². The SMILES string of the molecule is CC(=O)O[C@H](c1ccccc1)[C@@H]1C(=C2C3CC4CC(C3)CC2C4)C[C@H]2O[C@@H]12. The van der Waals surface area contributed by atoms with Crippen molar-refractivity contribution in [1.82, 2.24) is 0 Å². The van der Waals surface area contributed by atoms with Crippen molar-refractivity contribution in [3.8, 4) is 0 Å². The molecule has 5 saturated carbocycles. The first-order valence-electron chi connectivity index (χ1n) is 10.8. The predicted molar refractivity (Wildman–Crippen MR) is 102 cm³/mol. The zero-order valence-corrected chi connectivity index (χ0v) is 16.0. The maximum absolute atomic E-state index is 12.0. The van der Waals surface area contributed by atoms with E-state index in [0.29, 0.717) is 6.10 Å². The summed E-state index contributed by atoms with van der Waals surface area (Å²) in [6, 6.07) is 10.3. The van der Waals surface area contributed by atoms with Gasteiger partial charge < -0.3 is 9.47 Å². The van der Waals surface area contributed by atoms with Crippen molar-refractivity contribution >= 4 is 5.97 Å². The zero-order chi connectivity index (χ0) is 18.1. The lowest BCUT2D eigenvalue weighted by Gasteiger charge is -2.52. The Hall–Kier alpha value is -1.61. The number of esters is 1. The van der Waals surface area contributed by atoms with E-state index in [4.69, 9.17) is 9.47 Å². The molecule has 1 aromatic carbocycles. The molecule has 7 rings (SSSR count). The Morgan fingerprint density at radius 1 is 1.04 bits per heavy atom. The molecule has 0 unspecified atom stereocenters. The summed E-state index contributed by atoms with van der Waals surface area (Å²) in [7, 11) is 0. The van der Waals surface area contributed by atoms with Crippen molar-refractivity contribution in [2.45, 2.75) is 63.8 Å². The van der Waals surface area contributed by atoms with Gasteiger partial charge in [0.25, 0.3) is 0 Å². The van der Waals surface area contributed by atoms with Crippen LogP contribution in [0.5, 0.6) is 0 Å². The van der Waals surface area contributed by atoms with Crippen molar-refractivity contribution in [2.24, 2.45) is 29.6 Å². The summed E-state index contributed by atoms with van der Waals surface area (Å²) < 4.78 is 11.9. The fraction of sp³-hybridized carbons (Fsp3) is 0.625. The Balaban J connectivity index is 1.42. The van der Waals surface area contributed by atoms with Crippen LogP contribution in [0.4, 0.5) is 0 Å². The molecule has 4 bridgehead atoms. The average molecular weight is 364 g/mol. The third-order valence-electron chi connectivity index (χ3n) is 7.93. The Morgan fingerprint density at radius 3 is 2.33 bits per heavy atom. The Morgan fingerprint density at radius 2 is 1.70 bits per heavy atom. The second-order valence-electron chi connectivity index (χ2n) is 9.59. The molecule has 27 heavy (non-hydrogen) atoms. The minimum absolute atomic E-state index is 0.192. The molecule has 1 saturated heterocycles. The van der Waals surface area contributed by atoms with Gasteiger partial charge >= 0.3 is 5.97 Å². The maximum atomic E-state index is 12.0. The van der Waals surface area contributed by atoms with Crippen molar-refractivity contribution in [2.75, 3.05) is 0 Å². The lowest BCUT2D eigenvalue weighted by atomic mass is 9.53. The largest absolute Gasteiger partial charge is 0.457 e. The van der Waals surface area contributed by atoms with Crippen molar-refractivity contribution in [3.63, 3.8) is 0 Å². The van der Waals surface area contributed by atoms with Crippen LogP contribution in [0.3, 0.4) is 0 Å². The van der Waals surface area contributed by atoms with Gasteiger partial charge in [0.1, 0.15) is 6.10 Å². The van der Waals surface area contributed by atoms with Crippen LogP contribution in [0.1, 0.15) is 57.1 Å². The summed E-state index contributed by atoms with van der Waals surface area (Å²) in [6.45, 7) is 1.53. The van der Waals surface area contributed by atoms with E-state index >= 15 is 0 Å². The molecule has 0 aromatic heterocycles. The van der Waals surface area contributed by atoms with Crippen LogP contribution in [0, 0.1) is 29.6 Å². The van der Waals surface area contributed by atoms with Crippen LogP contribution in [0.2, 0.25) is 0 Å². The molecule has 1 heterocycles. The highest BCUT2D eigenvalue weighted by Gasteiger charge is 2.59. The van der Waals surface area contributed by atoms with E-state index in [9.17, 15) is 4.79 Å². The van der Waals surface area contributed by atoms with E-state index in [0.717, 1.165) is 35.7 Å². The number of carbonyl (C=O) groups excluding carboxylic acids is 1. The molecule has 3 nitrogen and oxygen atoms in total. The molecule has 0 N–H and O–H groups in total. The molecule has 1 aliphatic heterocycles. The molecule has 0 amide bonds. The predicted octanol–water partition coefficient (Wildman–Crippen LogP) is 4.83. The van der Waals surface area contributed by atoms with Crippen LogP contribution in [0.15, 0.2) is 41.5 Å². The number of allylic oxidation sites excluding steroid dienone is 1. The molecule has 3 heteroatoms. The summed E-state index contributed by atoms with van der Waals surface area (Å²) in [4.78, 5) is 12.0. The number of carbonyl (C=O) groups is 1. The summed E-state index contributed by atoms with van der Waals surface area (Å²) in [5.41, 5.74) is 4.49. The highest BCUT2D eigenvalue weighted by Crippen LogP contribution is 2.62. The van der Waals surface area contributed by atoms with Gasteiger partial charge in [-0.05, 0) is 67.8 Å². The highest BCUT2D eigenvalue weighted by molar-refractivity contribution is 5.66. The van der Waals surface area contributed by atoms with Gasteiger partial charge in [-0.25, -0.2) is 0 Å². The molecular formula is C24H28O3. The van der Waals surface area contributed by atoms with E-state index in [1.54, 1.807) is 11.1 Å². The van der Waals surface area contributed by atoms with Crippen LogP contribution in [0.25, 0.3) is 0 Å². The minimum Gasteiger partial charge on any atom is -0.457 e. The fourth-order valence-electron chi connectivity index (χ4n) is 7.24. The molecular weight excluding hydrogens is 336 g/mol. The average Bonchev–Trinajstić information content (AvgIpc) is 3.31.